The number of hydrogen-bond donors (Lipinski definition) is 2. The van der Waals surface area contributed by atoms with Crippen molar-refractivity contribution in [3.05, 3.63) is 29.3 Å². The summed E-state index contributed by atoms with van der Waals surface area (Å²) >= 11 is 0. The van der Waals surface area contributed by atoms with Gasteiger partial charge in [-0.05, 0) is 19.4 Å². The van der Waals surface area contributed by atoms with Gasteiger partial charge in [0.15, 0.2) is 0 Å². The predicted octanol–water partition coefficient (Wildman–Crippen LogP) is 1.96. The molecule has 4 heteroatoms. The molecule has 1 aliphatic rings. The Labute approximate surface area is 107 Å². The highest BCUT2D eigenvalue weighted by Crippen LogP contribution is 2.37. The lowest BCUT2D eigenvalue weighted by Gasteiger charge is -2.18. The van der Waals surface area contributed by atoms with Gasteiger partial charge in [-0.2, -0.15) is 0 Å². The van der Waals surface area contributed by atoms with Crippen LogP contribution in [-0.4, -0.2) is 23.2 Å². The van der Waals surface area contributed by atoms with E-state index in [9.17, 15) is 4.79 Å². The number of benzene rings is 1. The number of aliphatic carboxylic acids is 1. The van der Waals surface area contributed by atoms with Crippen LogP contribution in [0.1, 0.15) is 31.4 Å². The molecule has 98 valence electrons. The molecule has 1 aromatic carbocycles. The fraction of sp³-hybridized carbons (Fsp3) is 0.500. The van der Waals surface area contributed by atoms with E-state index in [0.29, 0.717) is 13.1 Å². The number of ether oxygens (including phenoxy) is 1. The maximum Gasteiger partial charge on any atom is 0.304 e. The van der Waals surface area contributed by atoms with Crippen LogP contribution in [0, 0.1) is 0 Å². The highest BCUT2D eigenvalue weighted by Gasteiger charge is 2.31. The molecule has 4 nitrogen and oxygen atoms in total. The third-order valence-corrected chi connectivity index (χ3v) is 3.00. The third kappa shape index (κ3) is 3.01. The van der Waals surface area contributed by atoms with Crippen molar-refractivity contribution >= 4 is 5.97 Å². The fourth-order valence-corrected chi connectivity index (χ4v) is 2.24. The predicted molar refractivity (Wildman–Crippen MR) is 68.8 cm³/mol. The maximum atomic E-state index is 10.4. The minimum absolute atomic E-state index is 0.139. The third-order valence-electron chi connectivity index (χ3n) is 3.00. The molecule has 0 aromatic heterocycles. The lowest BCUT2D eigenvalue weighted by atomic mass is 10.0. The van der Waals surface area contributed by atoms with Crippen molar-refractivity contribution in [2.45, 2.75) is 38.8 Å². The number of carbonyl (C=O) groups is 1. The van der Waals surface area contributed by atoms with Crippen LogP contribution in [0.2, 0.25) is 0 Å². The van der Waals surface area contributed by atoms with Crippen LogP contribution in [0.4, 0.5) is 0 Å². The van der Waals surface area contributed by atoms with Gasteiger partial charge in [0.1, 0.15) is 11.4 Å². The molecule has 0 bridgehead atoms. The van der Waals surface area contributed by atoms with E-state index in [-0.39, 0.29) is 12.0 Å². The summed E-state index contributed by atoms with van der Waals surface area (Å²) in [5.74, 6) is 0.184. The van der Waals surface area contributed by atoms with Crippen molar-refractivity contribution in [1.82, 2.24) is 5.32 Å². The molecule has 0 unspecified atom stereocenters. The van der Waals surface area contributed by atoms with E-state index in [1.807, 2.05) is 12.1 Å². The van der Waals surface area contributed by atoms with E-state index in [2.05, 4.69) is 25.2 Å². The minimum Gasteiger partial charge on any atom is -0.487 e. The summed E-state index contributed by atoms with van der Waals surface area (Å²) in [6.07, 6.45) is 1.06. The summed E-state index contributed by atoms with van der Waals surface area (Å²) in [4.78, 5) is 10.4. The number of nitrogens with one attached hydrogen (secondary N) is 1. The number of rotatable bonds is 5. The van der Waals surface area contributed by atoms with Gasteiger partial charge in [0.05, 0.1) is 6.42 Å². The Morgan fingerprint density at radius 2 is 2.28 bits per heavy atom. The van der Waals surface area contributed by atoms with Crippen molar-refractivity contribution in [3.63, 3.8) is 0 Å². The molecule has 2 N–H and O–H groups in total. The van der Waals surface area contributed by atoms with Crippen molar-refractivity contribution in [2.24, 2.45) is 0 Å². The van der Waals surface area contributed by atoms with Crippen LogP contribution in [0.3, 0.4) is 0 Å². The second-order valence-electron chi connectivity index (χ2n) is 5.26. The zero-order valence-electron chi connectivity index (χ0n) is 10.8. The molecule has 0 atom stereocenters. The van der Waals surface area contributed by atoms with Gasteiger partial charge in [-0.15, -0.1) is 0 Å². The molecule has 18 heavy (non-hydrogen) atoms. The number of fused-ring (bicyclic) bond motifs is 1. The van der Waals surface area contributed by atoms with Crippen molar-refractivity contribution < 1.29 is 14.6 Å². The smallest absolute Gasteiger partial charge is 0.304 e. The summed E-state index contributed by atoms with van der Waals surface area (Å²) in [6.45, 7) is 5.28. The number of carboxylic acids is 1. The van der Waals surface area contributed by atoms with Crippen LogP contribution in [-0.2, 0) is 17.8 Å². The average Bonchev–Trinajstić information content (AvgIpc) is 2.58. The van der Waals surface area contributed by atoms with Gasteiger partial charge in [0.2, 0.25) is 0 Å². The maximum absolute atomic E-state index is 10.4. The molecule has 0 radical (unpaired) electrons. The Bertz CT molecular complexity index is 454. The molecule has 1 heterocycles. The molecule has 0 spiro atoms. The lowest BCUT2D eigenvalue weighted by molar-refractivity contribution is -0.136. The number of para-hydroxylation sites is 1. The van der Waals surface area contributed by atoms with Crippen molar-refractivity contribution in [2.75, 3.05) is 6.54 Å². The molecule has 0 saturated heterocycles. The van der Waals surface area contributed by atoms with Gasteiger partial charge in [0.25, 0.3) is 0 Å². The standard InChI is InChI=1S/C14H19NO3/c1-14(2)8-10-4-3-5-11(13(10)18-14)9-15-7-6-12(16)17/h3-5,15H,6-9H2,1-2H3,(H,16,17). The van der Waals surface area contributed by atoms with Crippen molar-refractivity contribution in [1.29, 1.82) is 0 Å². The SMILES string of the molecule is CC1(C)Cc2cccc(CNCCC(=O)O)c2O1. The minimum atomic E-state index is -0.779. The first-order chi connectivity index (χ1) is 8.48. The Kier molecular flexibility index (Phi) is 3.57. The summed E-state index contributed by atoms with van der Waals surface area (Å²) in [6, 6.07) is 6.14. The van der Waals surface area contributed by atoms with E-state index in [0.717, 1.165) is 17.7 Å². The molecule has 0 amide bonds. The van der Waals surface area contributed by atoms with Crippen LogP contribution in [0.15, 0.2) is 18.2 Å². The van der Waals surface area contributed by atoms with E-state index >= 15 is 0 Å². The molecule has 2 rings (SSSR count). The van der Waals surface area contributed by atoms with Crippen LogP contribution >= 0.6 is 0 Å². The normalized spacial score (nSPS) is 16.1. The van der Waals surface area contributed by atoms with Gasteiger partial charge < -0.3 is 15.2 Å². The van der Waals surface area contributed by atoms with Crippen LogP contribution in [0.5, 0.6) is 5.75 Å². The largest absolute Gasteiger partial charge is 0.487 e. The van der Waals surface area contributed by atoms with Crippen LogP contribution < -0.4 is 10.1 Å². The first kappa shape index (κ1) is 12.9. The summed E-state index contributed by atoms with van der Waals surface area (Å²) in [7, 11) is 0. The molecular weight excluding hydrogens is 230 g/mol. The number of hydrogen-bond acceptors (Lipinski definition) is 3. The van der Waals surface area contributed by atoms with E-state index in [1.54, 1.807) is 0 Å². The van der Waals surface area contributed by atoms with Gasteiger partial charge >= 0.3 is 5.97 Å². The highest BCUT2D eigenvalue weighted by molar-refractivity contribution is 5.66. The lowest BCUT2D eigenvalue weighted by Crippen LogP contribution is -2.25. The zero-order valence-corrected chi connectivity index (χ0v) is 10.8. The van der Waals surface area contributed by atoms with Crippen LogP contribution in [0.25, 0.3) is 0 Å². The second-order valence-corrected chi connectivity index (χ2v) is 5.26. The topological polar surface area (TPSA) is 58.6 Å². The quantitative estimate of drug-likeness (QED) is 0.783. The Morgan fingerprint density at radius 1 is 1.50 bits per heavy atom. The van der Waals surface area contributed by atoms with Crippen molar-refractivity contribution in [3.8, 4) is 5.75 Å². The molecule has 1 aliphatic heterocycles. The highest BCUT2D eigenvalue weighted by atomic mass is 16.5. The van der Waals surface area contributed by atoms with E-state index in [1.165, 1.54) is 5.56 Å². The summed E-state index contributed by atoms with van der Waals surface area (Å²) in [5, 5.41) is 11.7. The Hall–Kier alpha value is -1.55. The molecular formula is C14H19NO3. The monoisotopic (exact) mass is 249 g/mol. The second kappa shape index (κ2) is 4.98. The van der Waals surface area contributed by atoms with Gasteiger partial charge in [0, 0.05) is 25.1 Å². The summed E-state index contributed by atoms with van der Waals surface area (Å²) < 4.78 is 5.95. The first-order valence-electron chi connectivity index (χ1n) is 6.20. The summed E-state index contributed by atoms with van der Waals surface area (Å²) in [5.41, 5.74) is 2.19. The van der Waals surface area contributed by atoms with Gasteiger partial charge in [-0.3, -0.25) is 4.79 Å². The van der Waals surface area contributed by atoms with E-state index in [4.69, 9.17) is 9.84 Å². The first-order valence-corrected chi connectivity index (χ1v) is 6.20. The molecule has 1 aromatic rings. The Balaban J connectivity index is 1.99. The Morgan fingerprint density at radius 3 is 3.00 bits per heavy atom. The number of carboxylic acid groups (broad SMARTS) is 1. The van der Waals surface area contributed by atoms with Gasteiger partial charge in [-0.1, -0.05) is 18.2 Å². The van der Waals surface area contributed by atoms with E-state index < -0.39 is 5.97 Å². The fourth-order valence-electron chi connectivity index (χ4n) is 2.24. The molecule has 0 fully saturated rings. The molecule has 0 aliphatic carbocycles. The van der Waals surface area contributed by atoms with Gasteiger partial charge in [-0.25, -0.2) is 0 Å². The zero-order chi connectivity index (χ0) is 13.2. The molecule has 0 saturated carbocycles. The average molecular weight is 249 g/mol.